The number of aliphatic hydroxyl groups is 1. The molecule has 37 heavy (non-hydrogen) atoms. The lowest BCUT2D eigenvalue weighted by Gasteiger charge is -2.26. The van der Waals surface area contributed by atoms with Crippen LogP contribution in [0, 0.1) is 5.41 Å². The number of aromatic nitrogens is 2. The summed E-state index contributed by atoms with van der Waals surface area (Å²) < 4.78 is 7.52. The number of hydrogen-bond donors (Lipinski definition) is 3. The van der Waals surface area contributed by atoms with Crippen LogP contribution in [0.2, 0.25) is 0 Å². The first-order valence-electron chi connectivity index (χ1n) is 12.5. The quantitative estimate of drug-likeness (QED) is 0.209. The number of esters is 1. The van der Waals surface area contributed by atoms with Crippen LogP contribution in [0.25, 0.3) is 0 Å². The highest BCUT2D eigenvalue weighted by Gasteiger charge is 2.42. The van der Waals surface area contributed by atoms with Gasteiger partial charge in [-0.05, 0) is 30.9 Å². The number of aryl methyl sites for hydroxylation is 1. The molecule has 2 heterocycles. The Labute approximate surface area is 216 Å². The van der Waals surface area contributed by atoms with Crippen LogP contribution in [0.15, 0.2) is 72.0 Å². The fourth-order valence-corrected chi connectivity index (χ4v) is 4.24. The van der Waals surface area contributed by atoms with Crippen LogP contribution >= 0.6 is 0 Å². The summed E-state index contributed by atoms with van der Waals surface area (Å²) in [6, 6.07) is 19.0. The van der Waals surface area contributed by atoms with Gasteiger partial charge < -0.3 is 25.0 Å². The van der Waals surface area contributed by atoms with E-state index < -0.39 is 17.5 Å². The van der Waals surface area contributed by atoms with E-state index in [0.29, 0.717) is 43.9 Å². The number of unbranched alkanes of at least 4 members (excludes halogenated alkanes) is 1. The molecule has 0 saturated heterocycles. The van der Waals surface area contributed by atoms with Crippen molar-refractivity contribution in [2.45, 2.75) is 52.0 Å². The van der Waals surface area contributed by atoms with E-state index in [9.17, 15) is 14.7 Å². The SMILES string of the molecule is CC(CCCCn1cnc2c1NC=NCC2O)(C(=O)NCc1ccccc1)C(=O)OCc1ccccc1. The van der Waals surface area contributed by atoms with Crippen LogP contribution in [0.4, 0.5) is 5.82 Å². The minimum Gasteiger partial charge on any atom is -0.460 e. The molecule has 0 spiro atoms. The second-order valence-electron chi connectivity index (χ2n) is 9.35. The number of rotatable bonds is 11. The molecular formula is C28H33N5O4. The second-order valence-corrected chi connectivity index (χ2v) is 9.35. The summed E-state index contributed by atoms with van der Waals surface area (Å²) >= 11 is 0. The van der Waals surface area contributed by atoms with E-state index in [-0.39, 0.29) is 19.1 Å². The average molecular weight is 504 g/mol. The highest BCUT2D eigenvalue weighted by atomic mass is 16.5. The van der Waals surface area contributed by atoms with E-state index in [1.807, 2.05) is 65.2 Å². The number of aliphatic imine (C=N–C) groups is 1. The lowest BCUT2D eigenvalue weighted by molar-refractivity contribution is -0.162. The third kappa shape index (κ3) is 6.62. The average Bonchev–Trinajstić information content (AvgIpc) is 3.24. The third-order valence-electron chi connectivity index (χ3n) is 6.54. The van der Waals surface area contributed by atoms with Crippen molar-refractivity contribution in [3.63, 3.8) is 0 Å². The predicted octanol–water partition coefficient (Wildman–Crippen LogP) is 3.61. The molecule has 0 radical (unpaired) electrons. The third-order valence-corrected chi connectivity index (χ3v) is 6.54. The Morgan fingerprint density at radius 1 is 1.11 bits per heavy atom. The lowest BCUT2D eigenvalue weighted by Crippen LogP contribution is -2.45. The second kappa shape index (κ2) is 12.3. The van der Waals surface area contributed by atoms with Gasteiger partial charge in [-0.15, -0.1) is 0 Å². The van der Waals surface area contributed by atoms with Gasteiger partial charge >= 0.3 is 5.97 Å². The fourth-order valence-electron chi connectivity index (χ4n) is 4.24. The normalized spacial score (nSPS) is 16.1. The molecule has 1 amide bonds. The maximum atomic E-state index is 13.3. The molecule has 9 nitrogen and oxygen atoms in total. The number of amides is 1. The monoisotopic (exact) mass is 503 g/mol. The van der Waals surface area contributed by atoms with E-state index in [2.05, 4.69) is 20.6 Å². The van der Waals surface area contributed by atoms with Gasteiger partial charge in [-0.2, -0.15) is 0 Å². The molecule has 194 valence electrons. The van der Waals surface area contributed by atoms with Gasteiger partial charge in [-0.3, -0.25) is 14.6 Å². The standard InChI is InChI=1S/C28H33N5O4/c1-28(26(35)30-16-21-10-4-2-5-11-21,27(36)37-18-22-12-6-3-7-13-22)14-8-9-15-33-20-32-24-23(34)17-29-19-31-25(24)33/h2-7,10-13,19-20,23,34H,8-9,14-18H2,1H3,(H,29,31)(H,30,35). The highest BCUT2D eigenvalue weighted by Crippen LogP contribution is 2.29. The van der Waals surface area contributed by atoms with Crippen molar-refractivity contribution < 1.29 is 19.4 Å². The number of anilines is 1. The molecule has 9 heteroatoms. The molecule has 0 fully saturated rings. The Hall–Kier alpha value is -3.98. The molecule has 0 aliphatic carbocycles. The number of nitrogens with zero attached hydrogens (tertiary/aromatic N) is 3. The number of imidazole rings is 1. The number of aliphatic hydroxyl groups excluding tert-OH is 1. The Morgan fingerprint density at radius 2 is 1.81 bits per heavy atom. The number of ether oxygens (including phenoxy) is 1. The highest BCUT2D eigenvalue weighted by molar-refractivity contribution is 6.02. The van der Waals surface area contributed by atoms with E-state index in [1.165, 1.54) is 0 Å². The van der Waals surface area contributed by atoms with Crippen molar-refractivity contribution in [2.24, 2.45) is 10.4 Å². The van der Waals surface area contributed by atoms with Gasteiger partial charge in [0.15, 0.2) is 0 Å². The van der Waals surface area contributed by atoms with E-state index in [4.69, 9.17) is 4.74 Å². The maximum Gasteiger partial charge on any atom is 0.321 e. The van der Waals surface area contributed by atoms with Gasteiger partial charge in [-0.1, -0.05) is 67.1 Å². The maximum absolute atomic E-state index is 13.3. The number of carbonyl (C=O) groups is 2. The first-order valence-corrected chi connectivity index (χ1v) is 12.5. The van der Waals surface area contributed by atoms with Crippen molar-refractivity contribution in [2.75, 3.05) is 11.9 Å². The molecule has 0 saturated carbocycles. The summed E-state index contributed by atoms with van der Waals surface area (Å²) in [7, 11) is 0. The van der Waals surface area contributed by atoms with Gasteiger partial charge in [0.2, 0.25) is 5.91 Å². The van der Waals surface area contributed by atoms with Crippen molar-refractivity contribution in [1.29, 1.82) is 0 Å². The van der Waals surface area contributed by atoms with Crippen LogP contribution in [0.5, 0.6) is 0 Å². The van der Waals surface area contributed by atoms with Gasteiger partial charge in [0.05, 0.1) is 19.2 Å². The van der Waals surface area contributed by atoms with Gasteiger partial charge in [0.1, 0.15) is 29.6 Å². The summed E-state index contributed by atoms with van der Waals surface area (Å²) in [4.78, 5) is 34.9. The largest absolute Gasteiger partial charge is 0.460 e. The molecule has 4 rings (SSSR count). The summed E-state index contributed by atoms with van der Waals surface area (Å²) in [6.45, 7) is 2.96. The Bertz CT molecular complexity index is 1150. The Balaban J connectivity index is 1.39. The van der Waals surface area contributed by atoms with Crippen molar-refractivity contribution in [3.8, 4) is 0 Å². The minimum absolute atomic E-state index is 0.109. The number of benzene rings is 2. The van der Waals surface area contributed by atoms with Crippen LogP contribution in [-0.2, 0) is 34.0 Å². The molecule has 1 aliphatic rings. The summed E-state index contributed by atoms with van der Waals surface area (Å²) in [5, 5.41) is 16.2. The summed E-state index contributed by atoms with van der Waals surface area (Å²) in [5.74, 6) is -0.189. The van der Waals surface area contributed by atoms with E-state index in [0.717, 1.165) is 11.1 Å². The first kappa shape index (κ1) is 26.1. The molecule has 1 aromatic heterocycles. The molecule has 2 atom stereocenters. The number of nitrogens with one attached hydrogen (secondary N) is 2. The van der Waals surface area contributed by atoms with Crippen LogP contribution in [0.1, 0.15) is 49.1 Å². The summed E-state index contributed by atoms with van der Waals surface area (Å²) in [6.07, 6.45) is 4.13. The van der Waals surface area contributed by atoms with Gasteiger partial charge in [0.25, 0.3) is 0 Å². The smallest absolute Gasteiger partial charge is 0.321 e. The van der Waals surface area contributed by atoms with Crippen LogP contribution < -0.4 is 10.6 Å². The molecule has 0 bridgehead atoms. The van der Waals surface area contributed by atoms with Gasteiger partial charge in [-0.25, -0.2) is 4.98 Å². The molecule has 2 aromatic carbocycles. The summed E-state index contributed by atoms with van der Waals surface area (Å²) in [5.41, 5.74) is 1.04. The fraction of sp³-hybridized carbons (Fsp3) is 0.357. The number of hydrogen-bond acceptors (Lipinski definition) is 7. The van der Waals surface area contributed by atoms with Crippen molar-refractivity contribution >= 4 is 24.0 Å². The molecule has 3 aromatic rings. The zero-order valence-corrected chi connectivity index (χ0v) is 21.0. The topological polar surface area (TPSA) is 118 Å². The van der Waals surface area contributed by atoms with Crippen molar-refractivity contribution in [1.82, 2.24) is 14.9 Å². The molecule has 2 unspecified atom stereocenters. The van der Waals surface area contributed by atoms with Gasteiger partial charge in [0, 0.05) is 13.1 Å². The minimum atomic E-state index is -1.34. The van der Waals surface area contributed by atoms with Crippen LogP contribution in [0.3, 0.4) is 0 Å². The molecular weight excluding hydrogens is 470 g/mol. The first-order chi connectivity index (χ1) is 18.0. The molecule has 1 aliphatic heterocycles. The number of fused-ring (bicyclic) bond motifs is 1. The zero-order valence-electron chi connectivity index (χ0n) is 21.0. The lowest BCUT2D eigenvalue weighted by atomic mass is 9.83. The van der Waals surface area contributed by atoms with E-state index in [1.54, 1.807) is 19.6 Å². The van der Waals surface area contributed by atoms with Crippen molar-refractivity contribution in [3.05, 3.63) is 83.8 Å². The Morgan fingerprint density at radius 3 is 2.54 bits per heavy atom. The molecule has 3 N–H and O–H groups in total. The van der Waals surface area contributed by atoms with Crippen LogP contribution in [-0.4, -0.2) is 39.4 Å². The number of carbonyl (C=O) groups excluding carboxylic acids is 2. The Kier molecular flexibility index (Phi) is 8.68. The zero-order chi connectivity index (χ0) is 26.1. The van der Waals surface area contributed by atoms with E-state index >= 15 is 0 Å². The predicted molar refractivity (Wildman–Crippen MR) is 141 cm³/mol.